The van der Waals surface area contributed by atoms with Crippen LogP contribution in [0.15, 0.2) is 60.7 Å². The number of carbonyl (C=O) groups is 1. The number of carbonyl (C=O) groups excluding carboxylic acids is 1. The van der Waals surface area contributed by atoms with Crippen molar-refractivity contribution in [2.24, 2.45) is 0 Å². The minimum atomic E-state index is 0.0900. The first kappa shape index (κ1) is 11.7. The van der Waals surface area contributed by atoms with Gasteiger partial charge in [0.2, 0.25) is 0 Å². The van der Waals surface area contributed by atoms with E-state index < -0.39 is 0 Å². The molecule has 22 heavy (non-hydrogen) atoms. The Labute approximate surface area is 127 Å². The van der Waals surface area contributed by atoms with Crippen molar-refractivity contribution < 1.29 is 4.79 Å². The molecular weight excluding hydrogens is 268 g/mol. The summed E-state index contributed by atoms with van der Waals surface area (Å²) in [5.74, 6) is 0.0900. The van der Waals surface area contributed by atoms with Crippen LogP contribution in [0.3, 0.4) is 0 Å². The monoisotopic (exact) mass is 280 g/mol. The van der Waals surface area contributed by atoms with E-state index in [9.17, 15) is 4.79 Å². The third-order valence-electron chi connectivity index (χ3n) is 4.57. The molecule has 0 radical (unpaired) electrons. The molecule has 0 saturated heterocycles. The summed E-state index contributed by atoms with van der Waals surface area (Å²) < 4.78 is 0. The molecule has 102 valence electrons. The second-order valence-electron chi connectivity index (χ2n) is 5.81. The van der Waals surface area contributed by atoms with Crippen LogP contribution in [0, 0.1) is 0 Å². The average Bonchev–Trinajstić information content (AvgIpc) is 2.93. The van der Waals surface area contributed by atoms with E-state index in [-0.39, 0.29) is 5.78 Å². The SMILES string of the molecule is O=C1C=CC=c2cc3c4c(ccc3cc21)-c1ccccc1C=4. The largest absolute Gasteiger partial charge is 0.289 e. The normalized spacial score (nSPS) is 14.1. The third-order valence-corrected chi connectivity index (χ3v) is 4.57. The van der Waals surface area contributed by atoms with Gasteiger partial charge in [-0.2, -0.15) is 0 Å². The average molecular weight is 280 g/mol. The summed E-state index contributed by atoms with van der Waals surface area (Å²) in [6, 6.07) is 16.9. The number of fused-ring (bicyclic) bond motifs is 6. The van der Waals surface area contributed by atoms with Crippen molar-refractivity contribution in [3.63, 3.8) is 0 Å². The molecule has 0 aliphatic heterocycles. The van der Waals surface area contributed by atoms with Gasteiger partial charge in [-0.3, -0.25) is 4.79 Å². The van der Waals surface area contributed by atoms with Gasteiger partial charge < -0.3 is 0 Å². The Balaban J connectivity index is 1.94. The fourth-order valence-electron chi connectivity index (χ4n) is 3.51. The van der Waals surface area contributed by atoms with Gasteiger partial charge in [0.1, 0.15) is 0 Å². The maximum absolute atomic E-state index is 12.0. The Kier molecular flexibility index (Phi) is 2.15. The zero-order valence-corrected chi connectivity index (χ0v) is 11.8. The summed E-state index contributed by atoms with van der Waals surface area (Å²) in [6.45, 7) is 0. The Bertz CT molecular complexity index is 1130. The number of hydrogen-bond acceptors (Lipinski definition) is 1. The minimum Gasteiger partial charge on any atom is -0.289 e. The molecule has 1 nitrogen and oxygen atoms in total. The van der Waals surface area contributed by atoms with E-state index in [1.807, 2.05) is 18.2 Å². The Hall–Kier alpha value is -2.93. The van der Waals surface area contributed by atoms with Crippen molar-refractivity contribution >= 4 is 28.7 Å². The lowest BCUT2D eigenvalue weighted by Gasteiger charge is -2.07. The molecule has 0 fully saturated rings. The molecule has 5 rings (SSSR count). The summed E-state index contributed by atoms with van der Waals surface area (Å²) in [7, 11) is 0. The lowest BCUT2D eigenvalue weighted by atomic mass is 9.95. The molecule has 0 N–H and O–H groups in total. The van der Waals surface area contributed by atoms with Crippen molar-refractivity contribution in [2.75, 3.05) is 0 Å². The number of hydrogen-bond donors (Lipinski definition) is 0. The van der Waals surface area contributed by atoms with Gasteiger partial charge in [-0.25, -0.2) is 0 Å². The lowest BCUT2D eigenvalue weighted by molar-refractivity contribution is 0.104. The second-order valence-corrected chi connectivity index (χ2v) is 5.81. The molecule has 3 aromatic carbocycles. The van der Waals surface area contributed by atoms with Crippen LogP contribution in [0.1, 0.15) is 15.9 Å². The summed E-state index contributed by atoms with van der Waals surface area (Å²) in [5, 5.41) is 4.61. The highest BCUT2D eigenvalue weighted by molar-refractivity contribution is 6.09. The number of allylic oxidation sites excluding steroid dienone is 2. The Morgan fingerprint density at radius 3 is 2.68 bits per heavy atom. The Morgan fingerprint density at radius 1 is 0.818 bits per heavy atom. The van der Waals surface area contributed by atoms with E-state index in [1.165, 1.54) is 27.3 Å². The van der Waals surface area contributed by atoms with Gasteiger partial charge >= 0.3 is 0 Å². The lowest BCUT2D eigenvalue weighted by Crippen LogP contribution is -2.18. The summed E-state index contributed by atoms with van der Waals surface area (Å²) in [6.07, 6.45) is 7.72. The van der Waals surface area contributed by atoms with Crippen molar-refractivity contribution in [1.29, 1.82) is 0 Å². The van der Waals surface area contributed by atoms with Crippen LogP contribution in [0.2, 0.25) is 0 Å². The maximum atomic E-state index is 12.0. The molecule has 0 amide bonds. The first-order chi connectivity index (χ1) is 10.8. The highest BCUT2D eigenvalue weighted by Crippen LogP contribution is 2.28. The van der Waals surface area contributed by atoms with Crippen LogP contribution in [-0.4, -0.2) is 5.78 Å². The highest BCUT2D eigenvalue weighted by Gasteiger charge is 2.15. The van der Waals surface area contributed by atoms with Crippen LogP contribution in [-0.2, 0) is 0 Å². The van der Waals surface area contributed by atoms with Gasteiger partial charge in [-0.05, 0) is 62.2 Å². The van der Waals surface area contributed by atoms with Crippen LogP contribution < -0.4 is 10.4 Å². The van der Waals surface area contributed by atoms with E-state index in [0.717, 1.165) is 16.2 Å². The van der Waals surface area contributed by atoms with Gasteiger partial charge in [-0.15, -0.1) is 0 Å². The number of rotatable bonds is 0. The van der Waals surface area contributed by atoms with Crippen molar-refractivity contribution in [3.05, 3.63) is 82.2 Å². The van der Waals surface area contributed by atoms with Gasteiger partial charge in [-0.1, -0.05) is 48.6 Å². The van der Waals surface area contributed by atoms with Gasteiger partial charge in [0.15, 0.2) is 5.78 Å². The maximum Gasteiger partial charge on any atom is 0.186 e. The molecule has 2 aliphatic rings. The molecule has 0 atom stereocenters. The molecular formula is C21H12O. The molecule has 2 aliphatic carbocycles. The van der Waals surface area contributed by atoms with Crippen LogP contribution >= 0.6 is 0 Å². The van der Waals surface area contributed by atoms with Gasteiger partial charge in [0, 0.05) is 5.56 Å². The van der Waals surface area contributed by atoms with Gasteiger partial charge in [0.05, 0.1) is 0 Å². The van der Waals surface area contributed by atoms with Gasteiger partial charge in [0.25, 0.3) is 0 Å². The van der Waals surface area contributed by atoms with E-state index in [4.69, 9.17) is 0 Å². The number of benzene rings is 3. The molecule has 0 spiro atoms. The molecule has 1 heteroatoms. The fraction of sp³-hybridized carbons (Fsp3) is 0. The van der Waals surface area contributed by atoms with E-state index in [0.29, 0.717) is 0 Å². The van der Waals surface area contributed by atoms with Crippen LogP contribution in [0.4, 0.5) is 0 Å². The van der Waals surface area contributed by atoms with Crippen LogP contribution in [0.25, 0.3) is 34.1 Å². The van der Waals surface area contributed by atoms with E-state index in [1.54, 1.807) is 6.08 Å². The molecule has 0 bridgehead atoms. The molecule has 3 aromatic rings. The molecule has 0 aromatic heterocycles. The van der Waals surface area contributed by atoms with Crippen molar-refractivity contribution in [3.8, 4) is 11.1 Å². The highest BCUT2D eigenvalue weighted by atomic mass is 16.1. The van der Waals surface area contributed by atoms with Crippen LogP contribution in [0.5, 0.6) is 0 Å². The summed E-state index contributed by atoms with van der Waals surface area (Å²) in [4.78, 5) is 12.0. The topological polar surface area (TPSA) is 17.1 Å². The summed E-state index contributed by atoms with van der Waals surface area (Å²) in [5.41, 5.74) is 4.63. The third kappa shape index (κ3) is 1.45. The smallest absolute Gasteiger partial charge is 0.186 e. The minimum absolute atomic E-state index is 0.0900. The Morgan fingerprint density at radius 2 is 1.73 bits per heavy atom. The zero-order valence-electron chi connectivity index (χ0n) is 11.8. The zero-order chi connectivity index (χ0) is 14.7. The number of ketones is 1. The first-order valence-corrected chi connectivity index (χ1v) is 7.42. The predicted octanol–water partition coefficient (Wildman–Crippen LogP) is 3.18. The van der Waals surface area contributed by atoms with E-state index in [2.05, 4.69) is 48.5 Å². The van der Waals surface area contributed by atoms with Crippen molar-refractivity contribution in [1.82, 2.24) is 0 Å². The quantitative estimate of drug-likeness (QED) is 0.483. The standard InChI is InChI=1S/C21H12O/c22-21-7-3-5-14-10-18-15(11-19(14)21)8-9-17-16-6-2-1-4-13(16)12-20(17)18/h1-12H. The first-order valence-electron chi connectivity index (χ1n) is 7.42. The van der Waals surface area contributed by atoms with Crippen molar-refractivity contribution in [2.45, 2.75) is 0 Å². The summed E-state index contributed by atoms with van der Waals surface area (Å²) >= 11 is 0. The fourth-order valence-corrected chi connectivity index (χ4v) is 3.51. The second kappa shape index (κ2) is 4.05. The molecule has 0 heterocycles. The molecule has 0 saturated carbocycles. The predicted molar refractivity (Wildman–Crippen MR) is 90.1 cm³/mol. The molecule has 0 unspecified atom stereocenters. The van der Waals surface area contributed by atoms with E-state index >= 15 is 0 Å².